The van der Waals surface area contributed by atoms with Crippen molar-refractivity contribution >= 4 is 23.1 Å². The molecule has 0 aliphatic rings. The fourth-order valence-electron chi connectivity index (χ4n) is 2.06. The van der Waals surface area contributed by atoms with Crippen LogP contribution < -0.4 is 10.1 Å². The van der Waals surface area contributed by atoms with Crippen molar-refractivity contribution in [3.05, 3.63) is 76.1 Å². The number of nitrogens with zero attached hydrogens (tertiary/aromatic N) is 1. The molecule has 4 nitrogen and oxygen atoms in total. The molecule has 1 amide bonds. The monoisotopic (exact) mass is 324 g/mol. The lowest BCUT2D eigenvalue weighted by Crippen LogP contribution is -2.11. The standard InChI is InChI=1S/C18H16N2O2S/c1-13-6-2-3-7-15(13)22-11-14-10-16(23-12-14)18(21)20-17-8-4-5-9-19-17/h2-10,12H,11H2,1H3,(H,19,20,21). The zero-order valence-electron chi connectivity index (χ0n) is 12.7. The minimum atomic E-state index is -0.157. The van der Waals surface area contributed by atoms with E-state index in [1.807, 2.05) is 54.8 Å². The van der Waals surface area contributed by atoms with Gasteiger partial charge in [0.15, 0.2) is 0 Å². The van der Waals surface area contributed by atoms with Gasteiger partial charge in [0.25, 0.3) is 5.91 Å². The molecule has 0 aliphatic carbocycles. The van der Waals surface area contributed by atoms with Crippen molar-refractivity contribution in [2.75, 3.05) is 5.32 Å². The van der Waals surface area contributed by atoms with Crippen LogP contribution in [0.15, 0.2) is 60.1 Å². The SMILES string of the molecule is Cc1ccccc1OCc1csc(C(=O)Nc2ccccn2)c1. The molecule has 0 aliphatic heterocycles. The predicted molar refractivity (Wildman–Crippen MR) is 92.0 cm³/mol. The third-order valence-corrected chi connectivity index (χ3v) is 4.25. The van der Waals surface area contributed by atoms with Crippen molar-refractivity contribution in [1.29, 1.82) is 0 Å². The van der Waals surface area contributed by atoms with E-state index in [1.165, 1.54) is 11.3 Å². The first-order valence-corrected chi connectivity index (χ1v) is 8.08. The van der Waals surface area contributed by atoms with E-state index in [0.717, 1.165) is 16.9 Å². The number of anilines is 1. The van der Waals surface area contributed by atoms with Crippen molar-refractivity contribution < 1.29 is 9.53 Å². The van der Waals surface area contributed by atoms with Crippen LogP contribution in [-0.2, 0) is 6.61 Å². The predicted octanol–water partition coefficient (Wildman–Crippen LogP) is 4.28. The van der Waals surface area contributed by atoms with E-state index in [2.05, 4.69) is 10.3 Å². The summed E-state index contributed by atoms with van der Waals surface area (Å²) in [4.78, 5) is 16.9. The van der Waals surface area contributed by atoms with Gasteiger partial charge in [-0.25, -0.2) is 4.98 Å². The molecule has 0 saturated heterocycles. The molecular formula is C18H16N2O2S. The number of pyridine rings is 1. The molecule has 3 rings (SSSR count). The van der Waals surface area contributed by atoms with Gasteiger partial charge in [0.2, 0.25) is 0 Å². The molecular weight excluding hydrogens is 308 g/mol. The Morgan fingerprint density at radius 2 is 2.04 bits per heavy atom. The van der Waals surface area contributed by atoms with Gasteiger partial charge in [-0.2, -0.15) is 0 Å². The summed E-state index contributed by atoms with van der Waals surface area (Å²) in [6.07, 6.45) is 1.64. The number of carbonyl (C=O) groups is 1. The second-order valence-electron chi connectivity index (χ2n) is 5.04. The van der Waals surface area contributed by atoms with E-state index < -0.39 is 0 Å². The molecule has 116 valence electrons. The lowest BCUT2D eigenvalue weighted by atomic mass is 10.2. The highest BCUT2D eigenvalue weighted by Gasteiger charge is 2.10. The molecule has 23 heavy (non-hydrogen) atoms. The van der Waals surface area contributed by atoms with Gasteiger partial charge in [-0.1, -0.05) is 24.3 Å². The summed E-state index contributed by atoms with van der Waals surface area (Å²) < 4.78 is 5.80. The molecule has 0 fully saturated rings. The fraction of sp³-hybridized carbons (Fsp3) is 0.111. The van der Waals surface area contributed by atoms with Crippen molar-refractivity contribution in [2.45, 2.75) is 13.5 Å². The van der Waals surface area contributed by atoms with Gasteiger partial charge in [0, 0.05) is 11.8 Å². The Labute approximate surface area is 138 Å². The molecule has 3 aromatic rings. The summed E-state index contributed by atoms with van der Waals surface area (Å²) >= 11 is 1.40. The zero-order chi connectivity index (χ0) is 16.1. The van der Waals surface area contributed by atoms with Crippen LogP contribution in [0.3, 0.4) is 0 Å². The lowest BCUT2D eigenvalue weighted by Gasteiger charge is -2.07. The third kappa shape index (κ3) is 3.96. The Morgan fingerprint density at radius 1 is 1.22 bits per heavy atom. The summed E-state index contributed by atoms with van der Waals surface area (Å²) in [5.74, 6) is 1.25. The first-order chi connectivity index (χ1) is 11.2. The molecule has 0 unspecified atom stereocenters. The Kier molecular flexibility index (Phi) is 4.68. The number of carbonyl (C=O) groups excluding carboxylic acids is 1. The van der Waals surface area contributed by atoms with E-state index >= 15 is 0 Å². The van der Waals surface area contributed by atoms with Crippen molar-refractivity contribution in [2.24, 2.45) is 0 Å². The van der Waals surface area contributed by atoms with E-state index in [4.69, 9.17) is 4.74 Å². The number of thiophene rings is 1. The highest BCUT2D eigenvalue weighted by Crippen LogP contribution is 2.21. The number of aryl methyl sites for hydroxylation is 1. The number of hydrogen-bond donors (Lipinski definition) is 1. The fourth-order valence-corrected chi connectivity index (χ4v) is 2.86. The van der Waals surface area contributed by atoms with Crippen LogP contribution in [0.25, 0.3) is 0 Å². The van der Waals surface area contributed by atoms with Gasteiger partial charge in [-0.15, -0.1) is 11.3 Å². The summed E-state index contributed by atoms with van der Waals surface area (Å²) in [5, 5.41) is 4.71. The van der Waals surface area contributed by atoms with Crippen molar-refractivity contribution in [3.63, 3.8) is 0 Å². The van der Waals surface area contributed by atoms with Gasteiger partial charge in [-0.3, -0.25) is 4.79 Å². The normalized spacial score (nSPS) is 10.3. The number of rotatable bonds is 5. The van der Waals surface area contributed by atoms with Crippen LogP contribution in [0, 0.1) is 6.92 Å². The van der Waals surface area contributed by atoms with Crippen LogP contribution in [0.4, 0.5) is 5.82 Å². The maximum absolute atomic E-state index is 12.2. The first kappa shape index (κ1) is 15.2. The average molecular weight is 324 g/mol. The minimum absolute atomic E-state index is 0.157. The molecule has 0 bridgehead atoms. The minimum Gasteiger partial charge on any atom is -0.489 e. The molecule has 0 saturated carbocycles. The number of aromatic nitrogens is 1. The van der Waals surface area contributed by atoms with Crippen molar-refractivity contribution in [3.8, 4) is 5.75 Å². The molecule has 0 atom stereocenters. The van der Waals surface area contributed by atoms with Gasteiger partial charge in [-0.05, 0) is 42.1 Å². The molecule has 2 aromatic heterocycles. The highest BCUT2D eigenvalue weighted by molar-refractivity contribution is 7.12. The van der Waals surface area contributed by atoms with Crippen molar-refractivity contribution in [1.82, 2.24) is 4.98 Å². The first-order valence-electron chi connectivity index (χ1n) is 7.20. The van der Waals surface area contributed by atoms with E-state index in [-0.39, 0.29) is 5.91 Å². The average Bonchev–Trinajstić information content (AvgIpc) is 3.04. The van der Waals surface area contributed by atoms with Crippen LogP contribution >= 0.6 is 11.3 Å². The Morgan fingerprint density at radius 3 is 2.83 bits per heavy atom. The molecule has 1 aromatic carbocycles. The quantitative estimate of drug-likeness (QED) is 0.762. The number of ether oxygens (including phenoxy) is 1. The highest BCUT2D eigenvalue weighted by atomic mass is 32.1. The van der Waals surface area contributed by atoms with E-state index in [0.29, 0.717) is 17.3 Å². The number of benzene rings is 1. The zero-order valence-corrected chi connectivity index (χ0v) is 13.5. The van der Waals surface area contributed by atoms with Crippen LogP contribution in [0.5, 0.6) is 5.75 Å². The van der Waals surface area contributed by atoms with Gasteiger partial charge in [0.1, 0.15) is 18.2 Å². The molecule has 0 spiro atoms. The van der Waals surface area contributed by atoms with E-state index in [1.54, 1.807) is 12.3 Å². The smallest absolute Gasteiger partial charge is 0.266 e. The Hall–Kier alpha value is -2.66. The second kappa shape index (κ2) is 7.07. The van der Waals surface area contributed by atoms with E-state index in [9.17, 15) is 4.79 Å². The topological polar surface area (TPSA) is 51.2 Å². The summed E-state index contributed by atoms with van der Waals surface area (Å²) in [5.41, 5.74) is 2.07. The molecule has 5 heteroatoms. The maximum Gasteiger partial charge on any atom is 0.266 e. The van der Waals surface area contributed by atoms with Crippen LogP contribution in [-0.4, -0.2) is 10.9 Å². The summed E-state index contributed by atoms with van der Waals surface area (Å²) in [6, 6.07) is 15.1. The summed E-state index contributed by atoms with van der Waals surface area (Å²) in [6.45, 7) is 2.45. The van der Waals surface area contributed by atoms with Crippen LogP contribution in [0.1, 0.15) is 20.8 Å². The second-order valence-corrected chi connectivity index (χ2v) is 5.95. The molecule has 0 radical (unpaired) electrons. The summed E-state index contributed by atoms with van der Waals surface area (Å²) in [7, 11) is 0. The molecule has 2 heterocycles. The third-order valence-electron chi connectivity index (χ3n) is 3.27. The number of hydrogen-bond acceptors (Lipinski definition) is 4. The van der Waals surface area contributed by atoms with Crippen LogP contribution in [0.2, 0.25) is 0 Å². The number of amides is 1. The number of para-hydroxylation sites is 1. The Balaban J connectivity index is 1.62. The lowest BCUT2D eigenvalue weighted by molar-refractivity contribution is 0.103. The number of nitrogens with one attached hydrogen (secondary N) is 1. The molecule has 1 N–H and O–H groups in total. The maximum atomic E-state index is 12.2. The largest absolute Gasteiger partial charge is 0.489 e. The van der Waals surface area contributed by atoms with Gasteiger partial charge >= 0.3 is 0 Å². The van der Waals surface area contributed by atoms with Gasteiger partial charge < -0.3 is 10.1 Å². The van der Waals surface area contributed by atoms with Gasteiger partial charge in [0.05, 0.1) is 4.88 Å². The Bertz CT molecular complexity index is 800.